The average Bonchev–Trinajstić information content (AvgIpc) is 2.37. The highest BCUT2D eigenvalue weighted by atomic mass is 16.6. The van der Waals surface area contributed by atoms with E-state index in [1.165, 1.54) is 25.1 Å². The van der Waals surface area contributed by atoms with E-state index in [0.717, 1.165) is 0 Å². The van der Waals surface area contributed by atoms with Crippen LogP contribution in [-0.4, -0.2) is 16.7 Å². The number of carbonyl (C=O) groups is 2. The standard InChI is InChI=1S/C13H13N3O4/c1-7-11(8(2)17)12(15-13(18)14-7)9-5-3-4-6-10(9)16(19)20/h3-6,12H,1-2H3,(H2,14,15,18). The van der Waals surface area contributed by atoms with E-state index in [1.807, 2.05) is 0 Å². The molecule has 1 aromatic carbocycles. The molecule has 0 saturated carbocycles. The molecule has 2 rings (SSSR count). The number of ketones is 1. The quantitative estimate of drug-likeness (QED) is 0.648. The summed E-state index contributed by atoms with van der Waals surface area (Å²) in [4.78, 5) is 33.9. The summed E-state index contributed by atoms with van der Waals surface area (Å²) in [6.45, 7) is 2.96. The smallest absolute Gasteiger partial charge is 0.319 e. The number of nitro benzene ring substituents is 1. The van der Waals surface area contributed by atoms with Crippen molar-refractivity contribution in [2.24, 2.45) is 0 Å². The van der Waals surface area contributed by atoms with Gasteiger partial charge >= 0.3 is 6.03 Å². The zero-order valence-electron chi connectivity index (χ0n) is 11.0. The third-order valence-electron chi connectivity index (χ3n) is 3.09. The first-order valence-corrected chi connectivity index (χ1v) is 5.94. The van der Waals surface area contributed by atoms with E-state index in [9.17, 15) is 19.7 Å². The number of nitrogens with one attached hydrogen (secondary N) is 2. The maximum absolute atomic E-state index is 11.8. The lowest BCUT2D eigenvalue weighted by Gasteiger charge is -2.27. The van der Waals surface area contributed by atoms with Gasteiger partial charge in [0.15, 0.2) is 5.78 Å². The largest absolute Gasteiger partial charge is 0.326 e. The number of carbonyl (C=O) groups excluding carboxylic acids is 2. The summed E-state index contributed by atoms with van der Waals surface area (Å²) in [5.74, 6) is -0.252. The van der Waals surface area contributed by atoms with Crippen LogP contribution in [0.3, 0.4) is 0 Å². The highest BCUT2D eigenvalue weighted by molar-refractivity contribution is 5.98. The average molecular weight is 275 g/mol. The molecule has 1 aliphatic rings. The number of rotatable bonds is 3. The Morgan fingerprint density at radius 3 is 2.60 bits per heavy atom. The summed E-state index contributed by atoms with van der Waals surface area (Å²) < 4.78 is 0. The van der Waals surface area contributed by atoms with Gasteiger partial charge in [-0.2, -0.15) is 0 Å². The Hall–Kier alpha value is -2.70. The van der Waals surface area contributed by atoms with E-state index in [1.54, 1.807) is 13.0 Å². The second kappa shape index (κ2) is 5.12. The predicted octanol–water partition coefficient (Wildman–Crippen LogP) is 1.81. The van der Waals surface area contributed by atoms with Crippen LogP contribution in [0, 0.1) is 10.1 Å². The molecule has 0 bridgehead atoms. The highest BCUT2D eigenvalue weighted by Crippen LogP contribution is 2.32. The Kier molecular flexibility index (Phi) is 3.51. The molecule has 1 aromatic rings. The third kappa shape index (κ3) is 2.37. The second-order valence-corrected chi connectivity index (χ2v) is 4.44. The predicted molar refractivity (Wildman–Crippen MR) is 70.9 cm³/mol. The summed E-state index contributed by atoms with van der Waals surface area (Å²) in [6.07, 6.45) is 0. The maximum atomic E-state index is 11.8. The summed E-state index contributed by atoms with van der Waals surface area (Å²) in [5, 5.41) is 16.1. The van der Waals surface area contributed by atoms with E-state index in [4.69, 9.17) is 0 Å². The number of urea groups is 1. The van der Waals surface area contributed by atoms with Crippen molar-refractivity contribution in [3.63, 3.8) is 0 Å². The van der Waals surface area contributed by atoms with Crippen molar-refractivity contribution in [3.8, 4) is 0 Å². The lowest BCUT2D eigenvalue weighted by Crippen LogP contribution is -2.44. The van der Waals surface area contributed by atoms with Gasteiger partial charge in [-0.3, -0.25) is 14.9 Å². The molecule has 0 aliphatic carbocycles. The molecule has 1 unspecified atom stereocenters. The second-order valence-electron chi connectivity index (χ2n) is 4.44. The number of allylic oxidation sites excluding steroid dienone is 1. The minimum absolute atomic E-state index is 0.133. The molecule has 7 nitrogen and oxygen atoms in total. The molecule has 1 heterocycles. The van der Waals surface area contributed by atoms with Crippen LogP contribution in [-0.2, 0) is 4.79 Å². The van der Waals surface area contributed by atoms with Crippen LogP contribution >= 0.6 is 0 Å². The van der Waals surface area contributed by atoms with Crippen LogP contribution in [0.4, 0.5) is 10.5 Å². The van der Waals surface area contributed by atoms with Gasteiger partial charge in [0.05, 0.1) is 16.5 Å². The van der Waals surface area contributed by atoms with E-state index in [2.05, 4.69) is 10.6 Å². The molecule has 2 N–H and O–H groups in total. The molecular weight excluding hydrogens is 262 g/mol. The summed E-state index contributed by atoms with van der Waals surface area (Å²) >= 11 is 0. The Bertz CT molecular complexity index is 636. The van der Waals surface area contributed by atoms with Gasteiger partial charge in [-0.25, -0.2) is 4.79 Å². The van der Waals surface area contributed by atoms with Crippen molar-refractivity contribution >= 4 is 17.5 Å². The molecule has 0 saturated heterocycles. The van der Waals surface area contributed by atoms with Gasteiger partial charge in [0, 0.05) is 17.3 Å². The number of hydrogen-bond donors (Lipinski definition) is 2. The van der Waals surface area contributed by atoms with Crippen LogP contribution < -0.4 is 10.6 Å². The minimum Gasteiger partial charge on any atom is -0.326 e. The van der Waals surface area contributed by atoms with Gasteiger partial charge in [0.2, 0.25) is 0 Å². The zero-order chi connectivity index (χ0) is 14.9. The van der Waals surface area contributed by atoms with Crippen LogP contribution in [0.1, 0.15) is 25.5 Å². The summed E-state index contributed by atoms with van der Waals surface area (Å²) in [7, 11) is 0. The lowest BCUT2D eigenvalue weighted by atomic mass is 9.92. The van der Waals surface area contributed by atoms with E-state index < -0.39 is 17.0 Å². The van der Waals surface area contributed by atoms with Crippen molar-refractivity contribution in [3.05, 3.63) is 51.2 Å². The fraction of sp³-hybridized carbons (Fsp3) is 0.231. The summed E-state index contributed by atoms with van der Waals surface area (Å²) in [6, 6.07) is 4.73. The lowest BCUT2D eigenvalue weighted by molar-refractivity contribution is -0.385. The first-order valence-electron chi connectivity index (χ1n) is 5.94. The van der Waals surface area contributed by atoms with Gasteiger partial charge in [-0.05, 0) is 19.9 Å². The van der Waals surface area contributed by atoms with Gasteiger partial charge in [-0.1, -0.05) is 12.1 Å². The maximum Gasteiger partial charge on any atom is 0.319 e. The number of amides is 2. The SMILES string of the molecule is CC(=O)C1=C(C)NC(=O)NC1c1ccccc1[N+](=O)[O-]. The molecule has 2 amide bonds. The van der Waals surface area contributed by atoms with E-state index in [0.29, 0.717) is 11.3 Å². The molecule has 104 valence electrons. The normalized spacial score (nSPS) is 18.3. The minimum atomic E-state index is -0.817. The van der Waals surface area contributed by atoms with E-state index in [-0.39, 0.29) is 17.0 Å². The van der Waals surface area contributed by atoms with Crippen molar-refractivity contribution in [1.29, 1.82) is 0 Å². The van der Waals surface area contributed by atoms with E-state index >= 15 is 0 Å². The number of benzene rings is 1. The molecule has 7 heteroatoms. The molecule has 0 fully saturated rings. The Morgan fingerprint density at radius 2 is 2.00 bits per heavy atom. The van der Waals surface area contributed by atoms with Crippen LogP contribution in [0.15, 0.2) is 35.5 Å². The molecule has 1 atom stereocenters. The number of para-hydroxylation sites is 1. The molecule has 1 aliphatic heterocycles. The first-order chi connectivity index (χ1) is 9.41. The van der Waals surface area contributed by atoms with Gasteiger partial charge in [0.1, 0.15) is 0 Å². The summed E-state index contributed by atoms with van der Waals surface area (Å²) in [5.41, 5.74) is 0.881. The topological polar surface area (TPSA) is 101 Å². The fourth-order valence-electron chi connectivity index (χ4n) is 2.29. The first kappa shape index (κ1) is 13.7. The Morgan fingerprint density at radius 1 is 1.35 bits per heavy atom. The Labute approximate surface area is 114 Å². The van der Waals surface area contributed by atoms with Crippen molar-refractivity contribution in [2.75, 3.05) is 0 Å². The Balaban J connectivity index is 2.61. The van der Waals surface area contributed by atoms with Crippen LogP contribution in [0.2, 0.25) is 0 Å². The third-order valence-corrected chi connectivity index (χ3v) is 3.09. The highest BCUT2D eigenvalue weighted by Gasteiger charge is 2.33. The molecule has 20 heavy (non-hydrogen) atoms. The van der Waals surface area contributed by atoms with Crippen molar-refractivity contribution in [1.82, 2.24) is 10.6 Å². The number of nitrogens with zero attached hydrogens (tertiary/aromatic N) is 1. The number of Topliss-reactive ketones (excluding diaryl/α,β-unsaturated/α-hetero) is 1. The number of nitro groups is 1. The molecule has 0 aromatic heterocycles. The van der Waals surface area contributed by atoms with Gasteiger partial charge < -0.3 is 10.6 Å². The van der Waals surface area contributed by atoms with Gasteiger partial charge in [0.25, 0.3) is 5.69 Å². The molecule has 0 radical (unpaired) electrons. The molecule has 0 spiro atoms. The fourth-order valence-corrected chi connectivity index (χ4v) is 2.29. The zero-order valence-corrected chi connectivity index (χ0v) is 11.0. The number of hydrogen-bond acceptors (Lipinski definition) is 4. The van der Waals surface area contributed by atoms with Gasteiger partial charge in [-0.15, -0.1) is 0 Å². The molecular formula is C13H13N3O4. The van der Waals surface area contributed by atoms with Crippen molar-refractivity contribution in [2.45, 2.75) is 19.9 Å². The monoisotopic (exact) mass is 275 g/mol. The van der Waals surface area contributed by atoms with Crippen molar-refractivity contribution < 1.29 is 14.5 Å². The van der Waals surface area contributed by atoms with Crippen LogP contribution in [0.25, 0.3) is 0 Å². The van der Waals surface area contributed by atoms with Crippen LogP contribution in [0.5, 0.6) is 0 Å².